The first kappa shape index (κ1) is 19.4. The van der Waals surface area contributed by atoms with E-state index in [-0.39, 0.29) is 18.0 Å². The minimum absolute atomic E-state index is 0.184. The summed E-state index contributed by atoms with van der Waals surface area (Å²) < 4.78 is 6.44. The molecule has 2 aromatic carbocycles. The van der Waals surface area contributed by atoms with E-state index in [2.05, 4.69) is 17.3 Å². The quantitative estimate of drug-likeness (QED) is 0.714. The molecule has 3 aromatic rings. The van der Waals surface area contributed by atoms with E-state index in [1.807, 2.05) is 43.3 Å². The molecule has 6 heteroatoms. The lowest BCUT2D eigenvalue weighted by Crippen LogP contribution is -2.29. The molecule has 0 atom stereocenters. The summed E-state index contributed by atoms with van der Waals surface area (Å²) in [4.78, 5) is 24.6. The van der Waals surface area contributed by atoms with Crippen LogP contribution in [0.5, 0.6) is 5.75 Å². The highest BCUT2D eigenvalue weighted by Gasteiger charge is 2.11. The molecule has 0 fully saturated rings. The number of ether oxygens (including phenoxy) is 1. The fourth-order valence-electron chi connectivity index (χ4n) is 2.87. The van der Waals surface area contributed by atoms with Gasteiger partial charge < -0.3 is 10.1 Å². The fraction of sp³-hybridized carbons (Fsp3) is 0.227. The molecule has 0 aliphatic rings. The highest BCUT2D eigenvalue weighted by molar-refractivity contribution is 5.92. The SMILES string of the molecule is CCc1ccc(-c2ccc(=O)n(CC(=O)Nc3cc(C)ccc3OC)n2)cc1. The van der Waals surface area contributed by atoms with Gasteiger partial charge in [0.1, 0.15) is 12.3 Å². The van der Waals surface area contributed by atoms with E-state index < -0.39 is 0 Å². The maximum atomic E-state index is 12.5. The zero-order valence-electron chi connectivity index (χ0n) is 16.2. The molecule has 1 heterocycles. The molecule has 6 nitrogen and oxygen atoms in total. The third kappa shape index (κ3) is 4.46. The van der Waals surface area contributed by atoms with Crippen LogP contribution in [0.4, 0.5) is 5.69 Å². The van der Waals surface area contributed by atoms with Crippen LogP contribution < -0.4 is 15.6 Å². The number of carbonyl (C=O) groups excluding carboxylic acids is 1. The van der Waals surface area contributed by atoms with Crippen LogP contribution in [0.15, 0.2) is 59.4 Å². The van der Waals surface area contributed by atoms with Crippen molar-refractivity contribution in [1.29, 1.82) is 0 Å². The van der Waals surface area contributed by atoms with Crippen molar-refractivity contribution in [2.45, 2.75) is 26.8 Å². The molecular formula is C22H23N3O3. The summed E-state index contributed by atoms with van der Waals surface area (Å²) in [5, 5.41) is 7.14. The predicted molar refractivity (Wildman–Crippen MR) is 110 cm³/mol. The highest BCUT2D eigenvalue weighted by Crippen LogP contribution is 2.25. The Morgan fingerprint density at radius 3 is 2.54 bits per heavy atom. The predicted octanol–water partition coefficient (Wildman–Crippen LogP) is 3.43. The molecule has 1 N–H and O–H groups in total. The van der Waals surface area contributed by atoms with Crippen molar-refractivity contribution >= 4 is 11.6 Å². The number of hydrogen-bond donors (Lipinski definition) is 1. The van der Waals surface area contributed by atoms with Crippen LogP contribution in [-0.2, 0) is 17.8 Å². The Hall–Kier alpha value is -3.41. The van der Waals surface area contributed by atoms with Crippen molar-refractivity contribution in [3.63, 3.8) is 0 Å². The van der Waals surface area contributed by atoms with Gasteiger partial charge in [-0.05, 0) is 42.7 Å². The number of nitrogens with one attached hydrogen (secondary N) is 1. The topological polar surface area (TPSA) is 73.2 Å². The summed E-state index contributed by atoms with van der Waals surface area (Å²) in [5.41, 5.74) is 3.98. The van der Waals surface area contributed by atoms with Gasteiger partial charge in [0.15, 0.2) is 0 Å². The Kier molecular flexibility index (Phi) is 5.89. The number of methoxy groups -OCH3 is 1. The van der Waals surface area contributed by atoms with Gasteiger partial charge in [-0.25, -0.2) is 4.68 Å². The first-order chi connectivity index (χ1) is 13.5. The monoisotopic (exact) mass is 377 g/mol. The van der Waals surface area contributed by atoms with Gasteiger partial charge in [0.25, 0.3) is 5.56 Å². The van der Waals surface area contributed by atoms with E-state index in [1.54, 1.807) is 19.2 Å². The van der Waals surface area contributed by atoms with E-state index in [4.69, 9.17) is 4.74 Å². The molecule has 0 aliphatic heterocycles. The number of anilines is 1. The van der Waals surface area contributed by atoms with Crippen LogP contribution in [0.1, 0.15) is 18.1 Å². The lowest BCUT2D eigenvalue weighted by atomic mass is 10.1. The molecule has 0 unspecified atom stereocenters. The number of hydrogen-bond acceptors (Lipinski definition) is 4. The third-order valence-electron chi connectivity index (χ3n) is 4.45. The van der Waals surface area contributed by atoms with Gasteiger partial charge in [-0.2, -0.15) is 5.10 Å². The lowest BCUT2D eigenvalue weighted by molar-refractivity contribution is -0.117. The molecule has 28 heavy (non-hydrogen) atoms. The number of carbonyl (C=O) groups is 1. The Morgan fingerprint density at radius 1 is 1.11 bits per heavy atom. The minimum Gasteiger partial charge on any atom is -0.495 e. The summed E-state index contributed by atoms with van der Waals surface area (Å²) in [7, 11) is 1.54. The summed E-state index contributed by atoms with van der Waals surface area (Å²) >= 11 is 0. The maximum absolute atomic E-state index is 12.5. The summed E-state index contributed by atoms with van der Waals surface area (Å²) in [6, 6.07) is 16.6. The number of aryl methyl sites for hydroxylation is 2. The van der Waals surface area contributed by atoms with Gasteiger partial charge in [0.2, 0.25) is 5.91 Å². The average Bonchev–Trinajstić information content (AvgIpc) is 2.70. The van der Waals surface area contributed by atoms with Crippen molar-refractivity contribution in [3.05, 3.63) is 76.1 Å². The van der Waals surface area contributed by atoms with Gasteiger partial charge in [0, 0.05) is 11.6 Å². The lowest BCUT2D eigenvalue weighted by Gasteiger charge is -2.12. The van der Waals surface area contributed by atoms with Gasteiger partial charge in [-0.3, -0.25) is 9.59 Å². The molecular weight excluding hydrogens is 354 g/mol. The minimum atomic E-state index is -0.350. The fourth-order valence-corrected chi connectivity index (χ4v) is 2.87. The Morgan fingerprint density at radius 2 is 1.86 bits per heavy atom. The second kappa shape index (κ2) is 8.52. The number of rotatable bonds is 6. The number of amides is 1. The number of aromatic nitrogens is 2. The van der Waals surface area contributed by atoms with Crippen LogP contribution >= 0.6 is 0 Å². The normalized spacial score (nSPS) is 10.5. The van der Waals surface area contributed by atoms with Gasteiger partial charge in [-0.15, -0.1) is 0 Å². The molecule has 1 amide bonds. The average molecular weight is 377 g/mol. The second-order valence-corrected chi connectivity index (χ2v) is 6.52. The van der Waals surface area contributed by atoms with Crippen molar-refractivity contribution in [1.82, 2.24) is 9.78 Å². The van der Waals surface area contributed by atoms with Crippen LogP contribution in [0.25, 0.3) is 11.3 Å². The Bertz CT molecular complexity index is 1040. The number of nitrogens with zero attached hydrogens (tertiary/aromatic N) is 2. The van der Waals surface area contributed by atoms with Crippen LogP contribution in [-0.4, -0.2) is 22.8 Å². The van der Waals surface area contributed by atoms with E-state index >= 15 is 0 Å². The van der Waals surface area contributed by atoms with Crippen molar-refractivity contribution in [3.8, 4) is 17.0 Å². The highest BCUT2D eigenvalue weighted by atomic mass is 16.5. The molecule has 3 rings (SSSR count). The zero-order chi connectivity index (χ0) is 20.1. The van der Waals surface area contributed by atoms with E-state index in [1.165, 1.54) is 16.3 Å². The largest absolute Gasteiger partial charge is 0.495 e. The Balaban J connectivity index is 1.81. The molecule has 0 spiro atoms. The first-order valence-corrected chi connectivity index (χ1v) is 9.12. The summed E-state index contributed by atoms with van der Waals surface area (Å²) in [5.74, 6) is 0.209. The summed E-state index contributed by atoms with van der Waals surface area (Å²) in [6.07, 6.45) is 0.954. The standard InChI is InChI=1S/C22H23N3O3/c1-4-16-6-8-17(9-7-16)18-10-12-22(27)25(24-18)14-21(26)23-19-13-15(2)5-11-20(19)28-3/h5-13H,4,14H2,1-3H3,(H,23,26). The van der Waals surface area contributed by atoms with Crippen LogP contribution in [0, 0.1) is 6.92 Å². The second-order valence-electron chi connectivity index (χ2n) is 6.52. The maximum Gasteiger partial charge on any atom is 0.267 e. The molecule has 0 aliphatic carbocycles. The van der Waals surface area contributed by atoms with Gasteiger partial charge in [-0.1, -0.05) is 37.3 Å². The molecule has 1 aromatic heterocycles. The van der Waals surface area contributed by atoms with Crippen LogP contribution in [0.2, 0.25) is 0 Å². The van der Waals surface area contributed by atoms with Gasteiger partial charge in [0.05, 0.1) is 18.5 Å². The van der Waals surface area contributed by atoms with E-state index in [0.29, 0.717) is 17.1 Å². The molecule has 0 saturated carbocycles. The summed E-state index contributed by atoms with van der Waals surface area (Å²) in [6.45, 7) is 3.83. The molecule has 144 valence electrons. The smallest absolute Gasteiger partial charge is 0.267 e. The third-order valence-corrected chi connectivity index (χ3v) is 4.45. The Labute approximate surface area is 163 Å². The van der Waals surface area contributed by atoms with Crippen molar-refractivity contribution < 1.29 is 9.53 Å². The van der Waals surface area contributed by atoms with E-state index in [0.717, 1.165) is 17.5 Å². The molecule has 0 saturated heterocycles. The number of benzene rings is 2. The molecule has 0 bridgehead atoms. The van der Waals surface area contributed by atoms with Gasteiger partial charge >= 0.3 is 0 Å². The van der Waals surface area contributed by atoms with Crippen LogP contribution in [0.3, 0.4) is 0 Å². The zero-order valence-corrected chi connectivity index (χ0v) is 16.2. The van der Waals surface area contributed by atoms with Crippen molar-refractivity contribution in [2.24, 2.45) is 0 Å². The first-order valence-electron chi connectivity index (χ1n) is 9.12. The van der Waals surface area contributed by atoms with Crippen molar-refractivity contribution in [2.75, 3.05) is 12.4 Å². The molecule has 0 radical (unpaired) electrons. The van der Waals surface area contributed by atoms with E-state index in [9.17, 15) is 9.59 Å².